The second-order valence-electron chi connectivity index (χ2n) is 3.73. The summed E-state index contributed by atoms with van der Waals surface area (Å²) in [4.78, 5) is 12.6. The molecule has 0 bridgehead atoms. The van der Waals surface area contributed by atoms with Crippen LogP contribution >= 0.6 is 23.6 Å². The second-order valence-corrected chi connectivity index (χ2v) is 4.79. The van der Waals surface area contributed by atoms with Crippen molar-refractivity contribution in [1.82, 2.24) is 5.32 Å². The minimum atomic E-state index is -0.179. The Balaban J connectivity index is 2.74. The average Bonchev–Trinajstić information content (AvgIpc) is 2.37. The molecule has 1 amide bonds. The number of carbonyl (C=O) groups excluding carboxylic acids is 1. The van der Waals surface area contributed by atoms with E-state index in [0.717, 1.165) is 22.5 Å². The van der Waals surface area contributed by atoms with Gasteiger partial charge >= 0.3 is 0 Å². The minimum absolute atomic E-state index is 0.0837. The number of benzene rings is 1. The van der Waals surface area contributed by atoms with Crippen LogP contribution in [0.1, 0.15) is 22.8 Å². The van der Waals surface area contributed by atoms with Crippen LogP contribution in [0, 0.1) is 6.92 Å². The fourth-order valence-corrected chi connectivity index (χ4v) is 1.78. The number of halogens is 1. The number of carbonyl (C=O) groups is 1. The Bertz CT molecular complexity index is 416. The highest BCUT2D eigenvalue weighted by Gasteiger charge is 2.11. The van der Waals surface area contributed by atoms with Gasteiger partial charge in [-0.15, -0.1) is 15.9 Å². The van der Waals surface area contributed by atoms with Crippen molar-refractivity contribution in [3.8, 4) is 0 Å². The van der Waals surface area contributed by atoms with Gasteiger partial charge in [0.2, 0.25) is 0 Å². The third-order valence-corrected chi connectivity index (χ3v) is 3.43. The Kier molecular flexibility index (Phi) is 6.45. The van der Waals surface area contributed by atoms with Crippen molar-refractivity contribution in [1.29, 1.82) is 0 Å². The molecule has 100 valence electrons. The third-order valence-electron chi connectivity index (χ3n) is 2.20. The number of hydrogen-bond donors (Lipinski definition) is 2. The number of rotatable bonds is 6. The molecule has 0 aliphatic carbocycles. The minimum Gasteiger partial charge on any atom is -0.348 e. The predicted octanol–water partition coefficient (Wildman–Crippen LogP) is 2.78. The molecule has 0 saturated heterocycles. The van der Waals surface area contributed by atoms with E-state index in [1.807, 2.05) is 13.8 Å². The van der Waals surface area contributed by atoms with Crippen molar-refractivity contribution in [3.63, 3.8) is 0 Å². The molecule has 0 aliphatic heterocycles. The maximum Gasteiger partial charge on any atom is 0.251 e. The van der Waals surface area contributed by atoms with Gasteiger partial charge in [0.25, 0.3) is 5.91 Å². The number of hydrogen-bond acceptors (Lipinski definition) is 5. The molecule has 0 radical (unpaired) electrons. The summed E-state index contributed by atoms with van der Waals surface area (Å²) in [7, 11) is 0. The van der Waals surface area contributed by atoms with Gasteiger partial charge in [-0.05, 0) is 37.6 Å². The quantitative estimate of drug-likeness (QED) is 0.365. The molecule has 5 nitrogen and oxygen atoms in total. The molecule has 7 heteroatoms. The highest BCUT2D eigenvalue weighted by Crippen LogP contribution is 2.24. The Morgan fingerprint density at radius 1 is 1.61 bits per heavy atom. The smallest absolute Gasteiger partial charge is 0.251 e. The molecular weight excluding hydrogens is 278 g/mol. The molecule has 0 heterocycles. The SMILES string of the molecule is Cc1cc(C(=O)NC(C)CCl)ccc1SOOO. The molecule has 0 fully saturated rings. The van der Waals surface area contributed by atoms with E-state index in [9.17, 15) is 4.79 Å². The van der Waals surface area contributed by atoms with E-state index in [1.165, 1.54) is 0 Å². The van der Waals surface area contributed by atoms with Gasteiger partial charge in [-0.25, -0.2) is 5.26 Å². The molecule has 1 atom stereocenters. The largest absolute Gasteiger partial charge is 0.348 e. The fraction of sp³-hybridized carbons (Fsp3) is 0.364. The van der Waals surface area contributed by atoms with E-state index in [0.29, 0.717) is 11.4 Å². The van der Waals surface area contributed by atoms with E-state index in [4.69, 9.17) is 16.9 Å². The van der Waals surface area contributed by atoms with Gasteiger partial charge in [-0.2, -0.15) is 0 Å². The number of alkyl halides is 1. The molecule has 18 heavy (non-hydrogen) atoms. The maximum atomic E-state index is 11.8. The van der Waals surface area contributed by atoms with Crippen LogP contribution in [0.25, 0.3) is 0 Å². The second kappa shape index (κ2) is 7.60. The summed E-state index contributed by atoms with van der Waals surface area (Å²) >= 11 is 6.49. The first-order valence-corrected chi connectivity index (χ1v) is 6.48. The van der Waals surface area contributed by atoms with Gasteiger partial charge in [0.1, 0.15) is 0 Å². The lowest BCUT2D eigenvalue weighted by Gasteiger charge is -2.11. The van der Waals surface area contributed by atoms with Crippen molar-refractivity contribution in [2.24, 2.45) is 0 Å². The Morgan fingerprint density at radius 3 is 2.89 bits per heavy atom. The van der Waals surface area contributed by atoms with Crippen LogP contribution in [0.3, 0.4) is 0 Å². The van der Waals surface area contributed by atoms with E-state index in [-0.39, 0.29) is 11.9 Å². The standard InChI is InChI=1S/C11H14ClNO4S/c1-7-5-9(11(14)13-8(2)6-12)3-4-10(7)18-17-16-15/h3-5,8,15H,6H2,1-2H3,(H,13,14). The monoisotopic (exact) mass is 291 g/mol. The van der Waals surface area contributed by atoms with Crippen LogP contribution in [0.4, 0.5) is 0 Å². The van der Waals surface area contributed by atoms with Crippen LogP contribution in [-0.2, 0) is 9.37 Å². The number of amides is 1. The van der Waals surface area contributed by atoms with Gasteiger partial charge in [0.15, 0.2) is 0 Å². The summed E-state index contributed by atoms with van der Waals surface area (Å²) in [6.45, 7) is 3.65. The molecule has 2 N–H and O–H groups in total. The zero-order valence-electron chi connectivity index (χ0n) is 9.97. The summed E-state index contributed by atoms with van der Waals surface area (Å²) in [5.74, 6) is 0.183. The Morgan fingerprint density at radius 2 is 2.33 bits per heavy atom. The van der Waals surface area contributed by atoms with Crippen molar-refractivity contribution in [2.45, 2.75) is 24.8 Å². The summed E-state index contributed by atoms with van der Waals surface area (Å²) in [5, 5.41) is 14.3. The van der Waals surface area contributed by atoms with Crippen molar-refractivity contribution in [2.75, 3.05) is 5.88 Å². The first kappa shape index (κ1) is 15.3. The first-order valence-electron chi connectivity index (χ1n) is 5.20. The van der Waals surface area contributed by atoms with Gasteiger partial charge in [-0.3, -0.25) is 4.79 Å². The molecule has 1 aromatic rings. The molecule has 0 spiro atoms. The molecule has 0 aliphatic rings. The van der Waals surface area contributed by atoms with Crippen molar-refractivity contribution in [3.05, 3.63) is 29.3 Å². The summed E-state index contributed by atoms with van der Waals surface area (Å²) in [5.41, 5.74) is 1.38. The molecule has 0 aromatic heterocycles. The van der Waals surface area contributed by atoms with Gasteiger partial charge in [0, 0.05) is 22.4 Å². The molecule has 1 rings (SSSR count). The normalized spacial score (nSPS) is 12.2. The predicted molar refractivity (Wildman–Crippen MR) is 69.5 cm³/mol. The zero-order chi connectivity index (χ0) is 13.5. The van der Waals surface area contributed by atoms with E-state index in [1.54, 1.807) is 18.2 Å². The van der Waals surface area contributed by atoms with E-state index in [2.05, 4.69) is 14.7 Å². The fourth-order valence-electron chi connectivity index (χ4n) is 1.28. The van der Waals surface area contributed by atoms with Crippen LogP contribution in [0.15, 0.2) is 23.1 Å². The van der Waals surface area contributed by atoms with Gasteiger partial charge in [-0.1, -0.05) is 5.04 Å². The summed E-state index contributed by atoms with van der Waals surface area (Å²) in [6.07, 6.45) is 0. The lowest BCUT2D eigenvalue weighted by molar-refractivity contribution is -0.432. The number of nitrogens with one attached hydrogen (secondary N) is 1. The summed E-state index contributed by atoms with van der Waals surface area (Å²) in [6, 6.07) is 5.00. The third kappa shape index (κ3) is 4.47. The van der Waals surface area contributed by atoms with Crippen LogP contribution in [0.2, 0.25) is 0 Å². The van der Waals surface area contributed by atoms with Crippen molar-refractivity contribution >= 4 is 29.6 Å². The average molecular weight is 292 g/mol. The van der Waals surface area contributed by atoms with Crippen LogP contribution < -0.4 is 5.32 Å². The van der Waals surface area contributed by atoms with Gasteiger partial charge < -0.3 is 5.32 Å². The highest BCUT2D eigenvalue weighted by atomic mass is 35.5. The molecule has 1 unspecified atom stereocenters. The lowest BCUT2D eigenvalue weighted by atomic mass is 10.1. The zero-order valence-corrected chi connectivity index (χ0v) is 11.5. The Labute approximate surface area is 114 Å². The Hall–Kier alpha value is -0.790. The maximum absolute atomic E-state index is 11.8. The molecular formula is C11H14ClNO4S. The summed E-state index contributed by atoms with van der Waals surface area (Å²) < 4.78 is 4.34. The van der Waals surface area contributed by atoms with E-state index < -0.39 is 0 Å². The topological polar surface area (TPSA) is 67.8 Å². The number of aryl methyl sites for hydroxylation is 1. The van der Waals surface area contributed by atoms with Gasteiger partial charge in [0.05, 0.1) is 12.0 Å². The van der Waals surface area contributed by atoms with E-state index >= 15 is 0 Å². The first-order chi connectivity index (χ1) is 8.58. The van der Waals surface area contributed by atoms with Crippen LogP contribution in [-0.4, -0.2) is 23.1 Å². The highest BCUT2D eigenvalue weighted by molar-refractivity contribution is 7.94. The molecule has 0 saturated carbocycles. The van der Waals surface area contributed by atoms with Crippen molar-refractivity contribution < 1.29 is 19.4 Å². The van der Waals surface area contributed by atoms with Crippen LogP contribution in [0.5, 0.6) is 0 Å². The lowest BCUT2D eigenvalue weighted by Crippen LogP contribution is -2.33. The molecule has 1 aromatic carbocycles.